The summed E-state index contributed by atoms with van der Waals surface area (Å²) in [5.74, 6) is -0.269. The SMILES string of the molecule is O=C(c1cc(Br)cnc1Cl)N1CCN(S(=O)(=O)c2ccc(Cl)s2)CC1. The van der Waals surface area contributed by atoms with Crippen LogP contribution in [0, 0.1) is 0 Å². The van der Waals surface area contributed by atoms with E-state index in [0.29, 0.717) is 8.81 Å². The minimum atomic E-state index is -3.59. The van der Waals surface area contributed by atoms with Crippen LogP contribution in [0.5, 0.6) is 0 Å². The maximum absolute atomic E-state index is 12.6. The third-order valence-corrected chi connectivity index (χ3v) is 8.04. The number of nitrogens with zero attached hydrogens (tertiary/aromatic N) is 3. The summed E-state index contributed by atoms with van der Waals surface area (Å²) in [6.07, 6.45) is 1.51. The molecule has 0 aromatic carbocycles. The molecule has 11 heteroatoms. The first-order valence-electron chi connectivity index (χ1n) is 7.15. The quantitative estimate of drug-likeness (QED) is 0.626. The Kier molecular flexibility index (Phi) is 5.72. The highest BCUT2D eigenvalue weighted by atomic mass is 79.9. The number of carbonyl (C=O) groups excluding carboxylic acids is 1. The van der Waals surface area contributed by atoms with Crippen molar-refractivity contribution < 1.29 is 13.2 Å². The largest absolute Gasteiger partial charge is 0.336 e. The fourth-order valence-electron chi connectivity index (χ4n) is 2.44. The van der Waals surface area contributed by atoms with Gasteiger partial charge >= 0.3 is 0 Å². The number of pyridine rings is 1. The Labute approximate surface area is 167 Å². The summed E-state index contributed by atoms with van der Waals surface area (Å²) >= 11 is 16.1. The Balaban J connectivity index is 1.71. The van der Waals surface area contributed by atoms with Crippen LogP contribution < -0.4 is 0 Å². The van der Waals surface area contributed by atoms with E-state index in [1.807, 2.05) is 0 Å². The average Bonchev–Trinajstić information content (AvgIpc) is 3.04. The number of piperazine rings is 1. The molecule has 3 heterocycles. The Bertz CT molecular complexity index is 912. The first kappa shape index (κ1) is 19.1. The van der Waals surface area contributed by atoms with Gasteiger partial charge in [-0.1, -0.05) is 23.2 Å². The van der Waals surface area contributed by atoms with Crippen LogP contribution in [-0.4, -0.2) is 54.7 Å². The standard InChI is InChI=1S/C14H12BrCl2N3O3S2/c15-9-7-10(13(17)18-8-9)14(21)19-3-5-20(6-4-19)25(22,23)12-2-1-11(16)24-12/h1-2,7-8H,3-6H2. The van der Waals surface area contributed by atoms with Gasteiger partial charge in [-0.2, -0.15) is 4.31 Å². The second-order valence-corrected chi connectivity index (χ2v) is 10.4. The van der Waals surface area contributed by atoms with Gasteiger partial charge in [0.1, 0.15) is 9.36 Å². The van der Waals surface area contributed by atoms with E-state index >= 15 is 0 Å². The fraction of sp³-hybridized carbons (Fsp3) is 0.286. The van der Waals surface area contributed by atoms with Gasteiger partial charge in [-0.3, -0.25) is 4.79 Å². The van der Waals surface area contributed by atoms with E-state index in [9.17, 15) is 13.2 Å². The van der Waals surface area contributed by atoms with Crippen LogP contribution in [-0.2, 0) is 10.0 Å². The molecule has 1 saturated heterocycles. The zero-order valence-electron chi connectivity index (χ0n) is 12.7. The molecule has 0 radical (unpaired) electrons. The van der Waals surface area contributed by atoms with Crippen molar-refractivity contribution in [3.63, 3.8) is 0 Å². The summed E-state index contributed by atoms with van der Waals surface area (Å²) in [5, 5.41) is 0.122. The van der Waals surface area contributed by atoms with E-state index < -0.39 is 10.0 Å². The molecule has 0 N–H and O–H groups in total. The summed E-state index contributed by atoms with van der Waals surface area (Å²) in [6, 6.07) is 4.66. The number of sulfonamides is 1. The molecule has 1 aliphatic heterocycles. The number of amides is 1. The molecule has 1 amide bonds. The molecule has 0 saturated carbocycles. The molecular weight excluding hydrogens is 473 g/mol. The van der Waals surface area contributed by atoms with Crippen molar-refractivity contribution in [2.45, 2.75) is 4.21 Å². The maximum atomic E-state index is 12.6. The van der Waals surface area contributed by atoms with Crippen molar-refractivity contribution in [1.29, 1.82) is 0 Å². The molecule has 0 unspecified atom stereocenters. The number of carbonyl (C=O) groups is 1. The topological polar surface area (TPSA) is 70.6 Å². The van der Waals surface area contributed by atoms with Crippen LogP contribution in [0.2, 0.25) is 9.49 Å². The van der Waals surface area contributed by atoms with Crippen LogP contribution in [0.4, 0.5) is 0 Å². The van der Waals surface area contributed by atoms with Crippen molar-refractivity contribution in [3.8, 4) is 0 Å². The van der Waals surface area contributed by atoms with E-state index in [1.54, 1.807) is 17.0 Å². The van der Waals surface area contributed by atoms with E-state index in [0.717, 1.165) is 11.3 Å². The molecule has 2 aromatic rings. The molecule has 6 nitrogen and oxygen atoms in total. The highest BCUT2D eigenvalue weighted by Crippen LogP contribution is 2.29. The smallest absolute Gasteiger partial charge is 0.257 e. The number of halogens is 3. The summed E-state index contributed by atoms with van der Waals surface area (Å²) in [7, 11) is -3.59. The highest BCUT2D eigenvalue weighted by molar-refractivity contribution is 9.10. The summed E-state index contributed by atoms with van der Waals surface area (Å²) in [4.78, 5) is 18.1. The van der Waals surface area contributed by atoms with Gasteiger partial charge in [0, 0.05) is 36.8 Å². The van der Waals surface area contributed by atoms with Gasteiger partial charge in [-0.25, -0.2) is 13.4 Å². The third kappa shape index (κ3) is 4.01. The molecule has 2 aromatic heterocycles. The van der Waals surface area contributed by atoms with Gasteiger partial charge in [0.2, 0.25) is 0 Å². The Morgan fingerprint density at radius 2 is 1.88 bits per heavy atom. The first-order valence-corrected chi connectivity index (χ1v) is 11.0. The zero-order chi connectivity index (χ0) is 18.2. The lowest BCUT2D eigenvalue weighted by Gasteiger charge is -2.33. The van der Waals surface area contributed by atoms with E-state index in [1.165, 1.54) is 16.6 Å². The monoisotopic (exact) mass is 483 g/mol. The first-order chi connectivity index (χ1) is 11.8. The van der Waals surface area contributed by atoms with Crippen LogP contribution in [0.3, 0.4) is 0 Å². The molecule has 3 rings (SSSR count). The number of aromatic nitrogens is 1. The molecule has 0 bridgehead atoms. The van der Waals surface area contributed by atoms with Crippen molar-refractivity contribution in [3.05, 3.63) is 43.9 Å². The fourth-order valence-corrected chi connectivity index (χ4v) is 6.01. The van der Waals surface area contributed by atoms with Crippen LogP contribution in [0.1, 0.15) is 10.4 Å². The molecule has 1 fully saturated rings. The summed E-state index contributed by atoms with van der Waals surface area (Å²) in [6.45, 7) is 0.977. The van der Waals surface area contributed by atoms with Crippen molar-refractivity contribution in [2.24, 2.45) is 0 Å². The summed E-state index contributed by atoms with van der Waals surface area (Å²) in [5.41, 5.74) is 0.289. The third-order valence-electron chi connectivity index (χ3n) is 3.70. The molecule has 1 aliphatic rings. The Morgan fingerprint density at radius 3 is 2.48 bits per heavy atom. The second kappa shape index (κ2) is 7.50. The number of hydrogen-bond donors (Lipinski definition) is 0. The highest BCUT2D eigenvalue weighted by Gasteiger charge is 2.32. The number of thiophene rings is 1. The zero-order valence-corrected chi connectivity index (χ0v) is 17.4. The molecule has 0 aliphatic carbocycles. The number of rotatable bonds is 3. The predicted octanol–water partition coefficient (Wildman–Crippen LogP) is 3.36. The minimum Gasteiger partial charge on any atom is -0.336 e. The van der Waals surface area contributed by atoms with Crippen LogP contribution in [0.15, 0.2) is 33.1 Å². The van der Waals surface area contributed by atoms with E-state index in [2.05, 4.69) is 20.9 Å². The van der Waals surface area contributed by atoms with Crippen molar-refractivity contribution >= 4 is 66.4 Å². The van der Waals surface area contributed by atoms with Gasteiger partial charge in [0.05, 0.1) is 9.90 Å². The van der Waals surface area contributed by atoms with Gasteiger partial charge < -0.3 is 4.90 Å². The lowest BCUT2D eigenvalue weighted by atomic mass is 10.2. The summed E-state index contributed by atoms with van der Waals surface area (Å²) < 4.78 is 27.8. The lowest BCUT2D eigenvalue weighted by Crippen LogP contribution is -2.50. The predicted molar refractivity (Wildman–Crippen MR) is 101 cm³/mol. The van der Waals surface area contributed by atoms with Crippen molar-refractivity contribution in [1.82, 2.24) is 14.2 Å². The Morgan fingerprint density at radius 1 is 1.20 bits per heavy atom. The van der Waals surface area contributed by atoms with Crippen LogP contribution in [0.25, 0.3) is 0 Å². The van der Waals surface area contributed by atoms with Gasteiger partial charge in [0.15, 0.2) is 0 Å². The molecular formula is C14H12BrCl2N3O3S2. The van der Waals surface area contributed by atoms with Crippen LogP contribution >= 0.6 is 50.5 Å². The van der Waals surface area contributed by atoms with Gasteiger partial charge in [-0.15, -0.1) is 11.3 Å². The van der Waals surface area contributed by atoms with Gasteiger partial charge in [-0.05, 0) is 34.1 Å². The molecule has 0 atom stereocenters. The number of hydrogen-bond acceptors (Lipinski definition) is 5. The second-order valence-electron chi connectivity index (χ2n) is 5.25. The lowest BCUT2D eigenvalue weighted by molar-refractivity contribution is 0.0697. The molecule has 25 heavy (non-hydrogen) atoms. The maximum Gasteiger partial charge on any atom is 0.257 e. The normalized spacial score (nSPS) is 16.2. The van der Waals surface area contributed by atoms with E-state index in [-0.39, 0.29) is 47.0 Å². The minimum absolute atomic E-state index is 0.122. The molecule has 0 spiro atoms. The van der Waals surface area contributed by atoms with E-state index in [4.69, 9.17) is 23.2 Å². The van der Waals surface area contributed by atoms with Crippen molar-refractivity contribution in [2.75, 3.05) is 26.2 Å². The van der Waals surface area contributed by atoms with Gasteiger partial charge in [0.25, 0.3) is 15.9 Å². The average molecular weight is 485 g/mol. The molecule has 134 valence electrons. The Hall–Kier alpha value is -0.710.